The molecule has 0 saturated heterocycles. The molecule has 4 nitrogen and oxygen atoms in total. The van der Waals surface area contributed by atoms with Gasteiger partial charge in [-0.15, -0.1) is 0 Å². The highest BCUT2D eigenvalue weighted by Gasteiger charge is 2.18. The van der Waals surface area contributed by atoms with Gasteiger partial charge in [0.25, 0.3) is 0 Å². The fourth-order valence-electron chi connectivity index (χ4n) is 1.55. The summed E-state index contributed by atoms with van der Waals surface area (Å²) < 4.78 is 0. The molecule has 0 aliphatic carbocycles. The summed E-state index contributed by atoms with van der Waals surface area (Å²) in [7, 11) is 1.67. The molecule has 17 heavy (non-hydrogen) atoms. The number of rotatable bonds is 6. The van der Waals surface area contributed by atoms with Crippen LogP contribution in [0.15, 0.2) is 0 Å². The first-order chi connectivity index (χ1) is 7.63. The number of amides is 1. The molecule has 0 bridgehead atoms. The van der Waals surface area contributed by atoms with Crippen molar-refractivity contribution in [1.82, 2.24) is 4.90 Å². The molecule has 0 spiro atoms. The summed E-state index contributed by atoms with van der Waals surface area (Å²) >= 11 is 0. The lowest BCUT2D eigenvalue weighted by atomic mass is 9.90. The highest BCUT2D eigenvalue weighted by Crippen LogP contribution is 2.21. The van der Waals surface area contributed by atoms with Crippen molar-refractivity contribution in [2.75, 3.05) is 13.6 Å². The van der Waals surface area contributed by atoms with Crippen LogP contribution in [-0.2, 0) is 9.59 Å². The second-order valence-corrected chi connectivity index (χ2v) is 5.93. The third kappa shape index (κ3) is 7.77. The minimum absolute atomic E-state index is 0.0300. The zero-order valence-corrected chi connectivity index (χ0v) is 11.6. The minimum atomic E-state index is -0.862. The number of carbonyl (C=O) groups is 2. The average molecular weight is 243 g/mol. The number of nitrogens with zero attached hydrogens (tertiary/aromatic N) is 1. The maximum absolute atomic E-state index is 11.7. The Hall–Kier alpha value is -1.06. The summed E-state index contributed by atoms with van der Waals surface area (Å²) in [5.74, 6) is -1.34. The molecule has 1 unspecified atom stereocenters. The van der Waals surface area contributed by atoms with Gasteiger partial charge in [0.2, 0.25) is 5.91 Å². The molecule has 0 heterocycles. The van der Waals surface area contributed by atoms with Crippen molar-refractivity contribution in [2.45, 2.75) is 47.0 Å². The molecule has 1 N–H and O–H groups in total. The van der Waals surface area contributed by atoms with Gasteiger partial charge in [0, 0.05) is 20.0 Å². The summed E-state index contributed by atoms with van der Waals surface area (Å²) in [5.41, 5.74) is 0.243. The van der Waals surface area contributed by atoms with Gasteiger partial charge in [-0.3, -0.25) is 9.59 Å². The molecule has 100 valence electrons. The fraction of sp³-hybridized carbons (Fsp3) is 0.846. The molecular weight excluding hydrogens is 218 g/mol. The number of aliphatic carboxylic acids is 1. The molecular formula is C13H25NO3. The zero-order chi connectivity index (χ0) is 13.6. The van der Waals surface area contributed by atoms with Crippen LogP contribution in [0.25, 0.3) is 0 Å². The number of carboxylic acid groups (broad SMARTS) is 1. The molecule has 0 radical (unpaired) electrons. The predicted molar refractivity (Wildman–Crippen MR) is 67.7 cm³/mol. The first-order valence-electron chi connectivity index (χ1n) is 6.10. The van der Waals surface area contributed by atoms with Gasteiger partial charge in [0.1, 0.15) is 0 Å². The second-order valence-electron chi connectivity index (χ2n) is 5.93. The lowest BCUT2D eigenvalue weighted by molar-refractivity contribution is -0.142. The standard InChI is InChI=1S/C13H25NO3/c1-10(12(16)17)9-14(5)11(15)7-6-8-13(2,3)4/h10H,6-9H2,1-5H3,(H,16,17). The molecule has 0 fully saturated rings. The summed E-state index contributed by atoms with van der Waals surface area (Å²) in [6.45, 7) is 8.33. The van der Waals surface area contributed by atoms with Gasteiger partial charge in [-0.2, -0.15) is 0 Å². The van der Waals surface area contributed by atoms with E-state index in [0.29, 0.717) is 6.42 Å². The number of carboxylic acids is 1. The van der Waals surface area contributed by atoms with E-state index in [1.165, 1.54) is 4.90 Å². The van der Waals surface area contributed by atoms with E-state index in [2.05, 4.69) is 20.8 Å². The van der Waals surface area contributed by atoms with Crippen LogP contribution in [0, 0.1) is 11.3 Å². The van der Waals surface area contributed by atoms with Crippen LogP contribution in [0.1, 0.15) is 47.0 Å². The number of hydrogen-bond donors (Lipinski definition) is 1. The van der Waals surface area contributed by atoms with Crippen LogP contribution in [0.2, 0.25) is 0 Å². The van der Waals surface area contributed by atoms with E-state index >= 15 is 0 Å². The van der Waals surface area contributed by atoms with Crippen molar-refractivity contribution in [3.63, 3.8) is 0 Å². The van der Waals surface area contributed by atoms with Crippen molar-refractivity contribution < 1.29 is 14.7 Å². The van der Waals surface area contributed by atoms with Gasteiger partial charge >= 0.3 is 5.97 Å². The molecule has 0 aliphatic rings. The minimum Gasteiger partial charge on any atom is -0.481 e. The van der Waals surface area contributed by atoms with Crippen molar-refractivity contribution in [3.8, 4) is 0 Å². The second kappa shape index (κ2) is 6.62. The Labute approximate surface area is 104 Å². The predicted octanol–water partition coefficient (Wildman–Crippen LogP) is 2.38. The Morgan fingerprint density at radius 1 is 1.29 bits per heavy atom. The summed E-state index contributed by atoms with van der Waals surface area (Å²) in [5, 5.41) is 8.76. The Balaban J connectivity index is 3.94. The lowest BCUT2D eigenvalue weighted by Crippen LogP contribution is -2.33. The smallest absolute Gasteiger partial charge is 0.308 e. The summed E-state index contributed by atoms with van der Waals surface area (Å²) in [6.07, 6.45) is 2.36. The van der Waals surface area contributed by atoms with Gasteiger partial charge in [0.05, 0.1) is 5.92 Å². The molecule has 0 aromatic carbocycles. The Bertz CT molecular complexity index is 268. The monoisotopic (exact) mass is 243 g/mol. The van der Waals surface area contributed by atoms with Gasteiger partial charge in [0.15, 0.2) is 0 Å². The van der Waals surface area contributed by atoms with Gasteiger partial charge in [-0.25, -0.2) is 0 Å². The number of hydrogen-bond acceptors (Lipinski definition) is 2. The normalized spacial score (nSPS) is 13.2. The van der Waals surface area contributed by atoms with E-state index in [-0.39, 0.29) is 17.9 Å². The third-order valence-corrected chi connectivity index (χ3v) is 2.71. The zero-order valence-electron chi connectivity index (χ0n) is 11.6. The van der Waals surface area contributed by atoms with Crippen molar-refractivity contribution in [2.24, 2.45) is 11.3 Å². The quantitative estimate of drug-likeness (QED) is 0.779. The van der Waals surface area contributed by atoms with Crippen LogP contribution < -0.4 is 0 Å². The third-order valence-electron chi connectivity index (χ3n) is 2.71. The molecule has 0 saturated carbocycles. The maximum Gasteiger partial charge on any atom is 0.308 e. The van der Waals surface area contributed by atoms with E-state index in [4.69, 9.17) is 5.11 Å². The van der Waals surface area contributed by atoms with E-state index in [1.54, 1.807) is 14.0 Å². The van der Waals surface area contributed by atoms with Crippen molar-refractivity contribution >= 4 is 11.9 Å². The Kier molecular flexibility index (Phi) is 6.21. The van der Waals surface area contributed by atoms with Gasteiger partial charge in [-0.05, 0) is 18.3 Å². The molecule has 0 aromatic rings. The lowest BCUT2D eigenvalue weighted by Gasteiger charge is -2.21. The first-order valence-corrected chi connectivity index (χ1v) is 6.10. The highest BCUT2D eigenvalue weighted by molar-refractivity contribution is 5.77. The molecule has 0 aliphatic heterocycles. The van der Waals surface area contributed by atoms with Crippen molar-refractivity contribution in [3.05, 3.63) is 0 Å². The molecule has 0 rings (SSSR count). The highest BCUT2D eigenvalue weighted by atomic mass is 16.4. The number of carbonyl (C=O) groups excluding carboxylic acids is 1. The first kappa shape index (κ1) is 15.9. The van der Waals surface area contributed by atoms with Crippen LogP contribution >= 0.6 is 0 Å². The van der Waals surface area contributed by atoms with Crippen molar-refractivity contribution in [1.29, 1.82) is 0 Å². The van der Waals surface area contributed by atoms with Crippen LogP contribution in [0.3, 0.4) is 0 Å². The topological polar surface area (TPSA) is 57.6 Å². The van der Waals surface area contributed by atoms with Gasteiger partial charge < -0.3 is 10.0 Å². The SMILES string of the molecule is CC(CN(C)C(=O)CCCC(C)(C)C)C(=O)O. The van der Waals surface area contributed by atoms with Crippen LogP contribution in [0.4, 0.5) is 0 Å². The van der Waals surface area contributed by atoms with E-state index in [9.17, 15) is 9.59 Å². The summed E-state index contributed by atoms with van der Waals surface area (Å²) in [6, 6.07) is 0. The Morgan fingerprint density at radius 2 is 1.82 bits per heavy atom. The van der Waals surface area contributed by atoms with E-state index in [1.807, 2.05) is 0 Å². The van der Waals surface area contributed by atoms with E-state index < -0.39 is 11.9 Å². The largest absolute Gasteiger partial charge is 0.481 e. The maximum atomic E-state index is 11.7. The van der Waals surface area contributed by atoms with E-state index in [0.717, 1.165) is 12.8 Å². The summed E-state index contributed by atoms with van der Waals surface area (Å²) in [4.78, 5) is 23.9. The fourth-order valence-corrected chi connectivity index (χ4v) is 1.55. The van der Waals surface area contributed by atoms with Crippen LogP contribution in [-0.4, -0.2) is 35.5 Å². The molecule has 1 atom stereocenters. The Morgan fingerprint density at radius 3 is 2.24 bits per heavy atom. The van der Waals surface area contributed by atoms with Crippen LogP contribution in [0.5, 0.6) is 0 Å². The average Bonchev–Trinajstić information content (AvgIpc) is 2.15. The molecule has 0 aromatic heterocycles. The molecule has 1 amide bonds. The molecule has 4 heteroatoms. The van der Waals surface area contributed by atoms with Gasteiger partial charge in [-0.1, -0.05) is 27.7 Å².